The summed E-state index contributed by atoms with van der Waals surface area (Å²) in [6.45, 7) is 13.1. The summed E-state index contributed by atoms with van der Waals surface area (Å²) in [5.74, 6) is -2.33. The molecule has 9 nitrogen and oxygen atoms in total. The Labute approximate surface area is 200 Å². The molecule has 1 saturated heterocycles. The van der Waals surface area contributed by atoms with Crippen LogP contribution in [0.25, 0.3) is 5.76 Å². The van der Waals surface area contributed by atoms with Gasteiger partial charge in [-0.05, 0) is 58.4 Å². The molecule has 1 amide bonds. The molecule has 0 radical (unpaired) electrons. The summed E-state index contributed by atoms with van der Waals surface area (Å²) in [5.41, 5.74) is -0.200. The number of Topliss-reactive ketones (excluding diaryl/α,β-unsaturated/α-hetero) is 1. The second-order valence-electron chi connectivity index (χ2n) is 10.1. The molecule has 34 heavy (non-hydrogen) atoms. The molecule has 2 aliphatic rings. The molecule has 0 spiro atoms. The van der Waals surface area contributed by atoms with Gasteiger partial charge in [0, 0.05) is 37.4 Å². The first kappa shape index (κ1) is 25.7. The fraction of sp³-hybridized carbons (Fsp3) is 0.560. The van der Waals surface area contributed by atoms with Crippen LogP contribution in [-0.2, 0) is 29.3 Å². The summed E-state index contributed by atoms with van der Waals surface area (Å²) < 4.78 is 10.5. The van der Waals surface area contributed by atoms with Gasteiger partial charge in [-0.1, -0.05) is 0 Å². The van der Waals surface area contributed by atoms with Crippen LogP contribution >= 0.6 is 0 Å². The molecule has 186 valence electrons. The van der Waals surface area contributed by atoms with Gasteiger partial charge in [-0.2, -0.15) is 0 Å². The van der Waals surface area contributed by atoms with Crippen molar-refractivity contribution in [3.8, 4) is 0 Å². The first-order valence-electron chi connectivity index (χ1n) is 11.6. The van der Waals surface area contributed by atoms with Gasteiger partial charge in [0.05, 0.1) is 18.6 Å². The first-order chi connectivity index (χ1) is 15.9. The van der Waals surface area contributed by atoms with Gasteiger partial charge < -0.3 is 25.2 Å². The second-order valence-corrected chi connectivity index (χ2v) is 10.1. The van der Waals surface area contributed by atoms with Crippen LogP contribution in [-0.4, -0.2) is 79.2 Å². The molecular weight excluding hydrogens is 438 g/mol. The van der Waals surface area contributed by atoms with Crippen molar-refractivity contribution in [2.45, 2.75) is 45.6 Å². The number of hydrogen-bond acceptors (Lipinski definition) is 8. The van der Waals surface area contributed by atoms with E-state index in [0.717, 1.165) is 45.1 Å². The van der Waals surface area contributed by atoms with Crippen LogP contribution in [0.1, 0.15) is 45.7 Å². The number of esters is 1. The number of carbonyl (C=O) groups excluding carboxylic acids is 3. The lowest BCUT2D eigenvalue weighted by atomic mass is 9.71. The van der Waals surface area contributed by atoms with Gasteiger partial charge in [-0.25, -0.2) is 0 Å². The minimum atomic E-state index is -1.04. The van der Waals surface area contributed by atoms with E-state index in [0.29, 0.717) is 11.1 Å². The highest BCUT2D eigenvalue weighted by Crippen LogP contribution is 2.40. The fourth-order valence-electron chi connectivity index (χ4n) is 4.07. The maximum atomic E-state index is 13.2. The molecule has 0 saturated carbocycles. The van der Waals surface area contributed by atoms with Crippen LogP contribution in [0.15, 0.2) is 23.8 Å². The minimum Gasteiger partial charge on any atom is -0.506 e. The molecule has 0 atom stereocenters. The predicted octanol–water partition coefficient (Wildman–Crippen LogP) is 2.02. The zero-order chi connectivity index (χ0) is 25.1. The van der Waals surface area contributed by atoms with Crippen LogP contribution in [0.4, 0.5) is 5.69 Å². The summed E-state index contributed by atoms with van der Waals surface area (Å²) in [7, 11) is 0. The first-order valence-corrected chi connectivity index (χ1v) is 11.6. The monoisotopic (exact) mass is 473 g/mol. The fourth-order valence-corrected chi connectivity index (χ4v) is 4.07. The Morgan fingerprint density at radius 2 is 1.88 bits per heavy atom. The number of nitrogens with zero attached hydrogens (tertiary/aromatic N) is 1. The smallest absolute Gasteiger partial charge is 0.325 e. The number of amides is 1. The van der Waals surface area contributed by atoms with Crippen LogP contribution < -0.4 is 10.6 Å². The van der Waals surface area contributed by atoms with E-state index in [2.05, 4.69) is 15.5 Å². The molecule has 3 N–H and O–H groups in total. The predicted molar refractivity (Wildman–Crippen MR) is 129 cm³/mol. The molecule has 9 heteroatoms. The molecule has 0 bridgehead atoms. The number of anilines is 1. The van der Waals surface area contributed by atoms with Crippen LogP contribution in [0, 0.1) is 0 Å². The van der Waals surface area contributed by atoms with E-state index in [4.69, 9.17) is 9.47 Å². The number of morpholine rings is 1. The largest absolute Gasteiger partial charge is 0.506 e. The van der Waals surface area contributed by atoms with Crippen molar-refractivity contribution in [2.24, 2.45) is 0 Å². The number of carbonyl (C=O) groups is 3. The SMILES string of the molecule is CC(C)(C)OC(=O)CNC(=O)C1=C(O)c2ccc(NCCN3CCOCC3)cc2C(C)(C)C1=O. The Morgan fingerprint density at radius 3 is 2.53 bits per heavy atom. The number of benzene rings is 1. The lowest BCUT2D eigenvalue weighted by Crippen LogP contribution is -2.43. The molecule has 1 aromatic rings. The molecule has 0 aromatic heterocycles. The van der Waals surface area contributed by atoms with E-state index < -0.39 is 35.2 Å². The second kappa shape index (κ2) is 10.1. The van der Waals surface area contributed by atoms with Crippen molar-refractivity contribution < 1.29 is 29.0 Å². The van der Waals surface area contributed by atoms with E-state index in [-0.39, 0.29) is 11.3 Å². The van der Waals surface area contributed by atoms with Crippen molar-refractivity contribution in [3.63, 3.8) is 0 Å². The molecule has 1 heterocycles. The third-order valence-electron chi connectivity index (χ3n) is 5.88. The Morgan fingerprint density at radius 1 is 1.21 bits per heavy atom. The Hall–Kier alpha value is -2.91. The summed E-state index contributed by atoms with van der Waals surface area (Å²) in [5, 5.41) is 16.6. The van der Waals surface area contributed by atoms with Crippen molar-refractivity contribution in [3.05, 3.63) is 34.9 Å². The van der Waals surface area contributed by atoms with Crippen molar-refractivity contribution in [1.82, 2.24) is 10.2 Å². The van der Waals surface area contributed by atoms with Gasteiger partial charge in [0.2, 0.25) is 0 Å². The number of fused-ring (bicyclic) bond motifs is 1. The quantitative estimate of drug-likeness (QED) is 0.407. The third-order valence-corrected chi connectivity index (χ3v) is 5.88. The van der Waals surface area contributed by atoms with Gasteiger partial charge in [-0.15, -0.1) is 0 Å². The summed E-state index contributed by atoms with van der Waals surface area (Å²) in [4.78, 5) is 40.3. The van der Waals surface area contributed by atoms with Crippen LogP contribution in [0.3, 0.4) is 0 Å². The number of hydrogen-bond donors (Lipinski definition) is 3. The van der Waals surface area contributed by atoms with Gasteiger partial charge in [0.25, 0.3) is 5.91 Å². The van der Waals surface area contributed by atoms with Crippen LogP contribution in [0.2, 0.25) is 0 Å². The minimum absolute atomic E-state index is 0.353. The van der Waals surface area contributed by atoms with E-state index in [1.807, 2.05) is 12.1 Å². The zero-order valence-corrected chi connectivity index (χ0v) is 20.6. The van der Waals surface area contributed by atoms with E-state index >= 15 is 0 Å². The molecule has 3 rings (SSSR count). The molecule has 1 aliphatic carbocycles. The standard InChI is InChI=1S/C25H35N3O6/c1-24(2,3)34-19(29)15-27-23(32)20-21(30)17-7-6-16(14-18(17)25(4,5)22(20)31)26-8-9-28-10-12-33-13-11-28/h6-7,14,26,30H,8-13,15H2,1-5H3,(H,27,32). The number of rotatable bonds is 7. The average Bonchev–Trinajstić information content (AvgIpc) is 2.76. The van der Waals surface area contributed by atoms with Gasteiger partial charge in [-0.3, -0.25) is 19.3 Å². The van der Waals surface area contributed by atoms with Gasteiger partial charge in [0.1, 0.15) is 23.5 Å². The molecule has 1 aromatic carbocycles. The molecule has 1 fully saturated rings. The maximum Gasteiger partial charge on any atom is 0.325 e. The lowest BCUT2D eigenvalue weighted by molar-refractivity contribution is -0.154. The van der Waals surface area contributed by atoms with Crippen molar-refractivity contribution >= 4 is 29.1 Å². The summed E-state index contributed by atoms with van der Waals surface area (Å²) >= 11 is 0. The highest BCUT2D eigenvalue weighted by atomic mass is 16.6. The van der Waals surface area contributed by atoms with E-state index in [1.54, 1.807) is 40.7 Å². The molecule has 0 unspecified atom stereocenters. The molecule has 1 aliphatic heterocycles. The van der Waals surface area contributed by atoms with E-state index in [9.17, 15) is 19.5 Å². The van der Waals surface area contributed by atoms with Crippen molar-refractivity contribution in [2.75, 3.05) is 51.3 Å². The Balaban J connectivity index is 1.74. The average molecular weight is 474 g/mol. The van der Waals surface area contributed by atoms with Crippen LogP contribution in [0.5, 0.6) is 0 Å². The number of ketones is 1. The normalized spacial score (nSPS) is 18.3. The van der Waals surface area contributed by atoms with Crippen molar-refractivity contribution in [1.29, 1.82) is 0 Å². The number of aliphatic hydroxyl groups is 1. The van der Waals surface area contributed by atoms with Gasteiger partial charge >= 0.3 is 5.97 Å². The highest BCUT2D eigenvalue weighted by molar-refractivity contribution is 6.28. The highest BCUT2D eigenvalue weighted by Gasteiger charge is 2.43. The Bertz CT molecular complexity index is 987. The number of ether oxygens (including phenoxy) is 2. The van der Waals surface area contributed by atoms with Gasteiger partial charge in [0.15, 0.2) is 5.78 Å². The topological polar surface area (TPSA) is 117 Å². The summed E-state index contributed by atoms with van der Waals surface area (Å²) in [6.07, 6.45) is 0. The van der Waals surface area contributed by atoms with E-state index in [1.165, 1.54) is 0 Å². The zero-order valence-electron chi connectivity index (χ0n) is 20.6. The third kappa shape index (κ3) is 5.95. The lowest BCUT2D eigenvalue weighted by Gasteiger charge is -2.32. The number of nitrogens with one attached hydrogen (secondary N) is 2. The maximum absolute atomic E-state index is 13.2. The Kier molecular flexibility index (Phi) is 7.67. The number of aliphatic hydroxyl groups excluding tert-OH is 1. The summed E-state index contributed by atoms with van der Waals surface area (Å²) in [6, 6.07) is 5.37. The molecular formula is C25H35N3O6.